The minimum atomic E-state index is -0.145. The number of amides is 1. The number of likely N-dealkylation sites (N-methyl/N-ethyl adjacent to an activating group) is 1. The van der Waals surface area contributed by atoms with Gasteiger partial charge in [0.25, 0.3) is 0 Å². The summed E-state index contributed by atoms with van der Waals surface area (Å²) in [5, 5.41) is 0. The molecule has 1 heterocycles. The first-order valence-corrected chi connectivity index (χ1v) is 6.80. The lowest BCUT2D eigenvalue weighted by molar-refractivity contribution is -0.129. The third kappa shape index (κ3) is 2.61. The van der Waals surface area contributed by atoms with Crippen LogP contribution in [0, 0.1) is 0 Å². The highest BCUT2D eigenvalue weighted by Gasteiger charge is 2.32. The number of carbonyl (C=O) groups excluding carboxylic acids is 2. The number of rotatable bonds is 3. The van der Waals surface area contributed by atoms with Crippen LogP contribution in [0.3, 0.4) is 0 Å². The van der Waals surface area contributed by atoms with E-state index in [9.17, 15) is 9.59 Å². The average molecular weight is 275 g/mol. The van der Waals surface area contributed by atoms with Gasteiger partial charge in [-0.1, -0.05) is 0 Å². The number of carbonyl (C=O) groups is 2. The molecule has 20 heavy (non-hydrogen) atoms. The first-order valence-electron chi connectivity index (χ1n) is 6.80. The Morgan fingerprint density at radius 2 is 2.05 bits per heavy atom. The third-order valence-electron chi connectivity index (χ3n) is 3.73. The molecule has 1 aromatic carbocycles. The van der Waals surface area contributed by atoms with Crippen molar-refractivity contribution in [3.05, 3.63) is 23.8 Å². The van der Waals surface area contributed by atoms with Gasteiger partial charge in [-0.3, -0.25) is 9.59 Å². The van der Waals surface area contributed by atoms with Gasteiger partial charge < -0.3 is 15.5 Å². The molecule has 108 valence electrons. The van der Waals surface area contributed by atoms with E-state index in [1.807, 2.05) is 6.07 Å². The molecule has 0 saturated carbocycles. The third-order valence-corrected chi connectivity index (χ3v) is 3.73. The van der Waals surface area contributed by atoms with Crippen LogP contribution in [0.1, 0.15) is 30.1 Å². The molecule has 1 aliphatic heterocycles. The smallest absolute Gasteiger partial charge is 0.244 e. The van der Waals surface area contributed by atoms with Crippen LogP contribution in [-0.2, 0) is 4.79 Å². The molecule has 5 nitrogen and oxygen atoms in total. The summed E-state index contributed by atoms with van der Waals surface area (Å²) >= 11 is 0. The molecule has 1 aliphatic rings. The van der Waals surface area contributed by atoms with E-state index in [0.717, 1.165) is 25.1 Å². The lowest BCUT2D eigenvalue weighted by Crippen LogP contribution is -2.42. The quantitative estimate of drug-likeness (QED) is 0.671. The van der Waals surface area contributed by atoms with Crippen LogP contribution in [0.4, 0.5) is 11.4 Å². The van der Waals surface area contributed by atoms with Gasteiger partial charge in [-0.15, -0.1) is 0 Å². The van der Waals surface area contributed by atoms with Crippen LogP contribution in [0.25, 0.3) is 0 Å². The summed E-state index contributed by atoms with van der Waals surface area (Å²) in [5.74, 6) is 0.0442. The molecule has 0 radical (unpaired) electrons. The number of anilines is 2. The fourth-order valence-corrected chi connectivity index (χ4v) is 2.66. The highest BCUT2D eigenvalue weighted by Crippen LogP contribution is 2.29. The van der Waals surface area contributed by atoms with Crippen molar-refractivity contribution in [2.24, 2.45) is 0 Å². The Labute approximate surface area is 119 Å². The topological polar surface area (TPSA) is 66.6 Å². The summed E-state index contributed by atoms with van der Waals surface area (Å²) in [7, 11) is 3.53. The predicted molar refractivity (Wildman–Crippen MR) is 79.9 cm³/mol. The van der Waals surface area contributed by atoms with E-state index in [-0.39, 0.29) is 17.7 Å². The van der Waals surface area contributed by atoms with Gasteiger partial charge in [0, 0.05) is 37.6 Å². The van der Waals surface area contributed by atoms with Crippen molar-refractivity contribution in [1.82, 2.24) is 4.90 Å². The minimum absolute atomic E-state index is 0.0565. The van der Waals surface area contributed by atoms with Crippen molar-refractivity contribution >= 4 is 23.1 Å². The zero-order chi connectivity index (χ0) is 14.9. The highest BCUT2D eigenvalue weighted by molar-refractivity contribution is 6.00. The van der Waals surface area contributed by atoms with Crippen molar-refractivity contribution in [3.8, 4) is 0 Å². The number of ketones is 1. The van der Waals surface area contributed by atoms with E-state index in [4.69, 9.17) is 5.73 Å². The number of hydrogen-bond acceptors (Lipinski definition) is 4. The van der Waals surface area contributed by atoms with Crippen LogP contribution in [0.5, 0.6) is 0 Å². The number of hydrogen-bond donors (Lipinski definition) is 1. The van der Waals surface area contributed by atoms with Crippen molar-refractivity contribution < 1.29 is 9.59 Å². The van der Waals surface area contributed by atoms with Crippen LogP contribution in [-0.4, -0.2) is 43.3 Å². The van der Waals surface area contributed by atoms with E-state index in [0.29, 0.717) is 11.3 Å². The van der Waals surface area contributed by atoms with Gasteiger partial charge in [0.1, 0.15) is 6.04 Å². The van der Waals surface area contributed by atoms with Gasteiger partial charge in [-0.25, -0.2) is 0 Å². The lowest BCUT2D eigenvalue weighted by Gasteiger charge is -2.28. The van der Waals surface area contributed by atoms with Gasteiger partial charge in [0.2, 0.25) is 5.91 Å². The molecular formula is C15H21N3O2. The van der Waals surface area contributed by atoms with E-state index >= 15 is 0 Å². The molecule has 1 aromatic rings. The Hall–Kier alpha value is -2.04. The van der Waals surface area contributed by atoms with Crippen molar-refractivity contribution in [2.45, 2.75) is 25.8 Å². The second-order valence-electron chi connectivity index (χ2n) is 5.41. The van der Waals surface area contributed by atoms with Gasteiger partial charge in [0.05, 0.1) is 0 Å². The molecule has 0 aliphatic carbocycles. The summed E-state index contributed by atoms with van der Waals surface area (Å²) in [4.78, 5) is 27.5. The fourth-order valence-electron chi connectivity index (χ4n) is 2.66. The standard InChI is InChI=1S/C15H21N3O2/c1-10(19)12-9-11(6-7-13(12)16)18-8-4-5-14(18)15(20)17(2)3/h6-7,9,14H,4-5,8,16H2,1-3H3. The first kappa shape index (κ1) is 14.4. The molecule has 1 atom stereocenters. The summed E-state index contributed by atoms with van der Waals surface area (Å²) < 4.78 is 0. The fraction of sp³-hybridized carbons (Fsp3) is 0.467. The van der Waals surface area contributed by atoms with Crippen LogP contribution < -0.4 is 10.6 Å². The van der Waals surface area contributed by atoms with Crippen LogP contribution in [0.15, 0.2) is 18.2 Å². The Morgan fingerprint density at radius 3 is 2.65 bits per heavy atom. The van der Waals surface area contributed by atoms with E-state index in [2.05, 4.69) is 4.90 Å². The summed E-state index contributed by atoms with van der Waals surface area (Å²) in [6.45, 7) is 2.33. The van der Waals surface area contributed by atoms with E-state index in [1.54, 1.807) is 31.1 Å². The molecule has 2 rings (SSSR count). The summed E-state index contributed by atoms with van der Waals surface area (Å²) in [6.07, 6.45) is 1.82. The molecule has 1 fully saturated rings. The maximum atomic E-state index is 12.2. The van der Waals surface area contributed by atoms with E-state index < -0.39 is 0 Å². The number of Topliss-reactive ketones (excluding diaryl/α,β-unsaturated/α-hetero) is 1. The number of nitrogens with two attached hydrogens (primary N) is 1. The zero-order valence-corrected chi connectivity index (χ0v) is 12.2. The molecule has 1 amide bonds. The van der Waals surface area contributed by atoms with Gasteiger partial charge >= 0.3 is 0 Å². The number of benzene rings is 1. The van der Waals surface area contributed by atoms with Crippen molar-refractivity contribution in [2.75, 3.05) is 31.3 Å². The Balaban J connectivity index is 2.33. The zero-order valence-electron chi connectivity index (χ0n) is 12.2. The largest absolute Gasteiger partial charge is 0.398 e. The maximum absolute atomic E-state index is 12.2. The van der Waals surface area contributed by atoms with Crippen LogP contribution >= 0.6 is 0 Å². The molecule has 1 saturated heterocycles. The van der Waals surface area contributed by atoms with Crippen molar-refractivity contribution in [3.63, 3.8) is 0 Å². The highest BCUT2D eigenvalue weighted by atomic mass is 16.2. The predicted octanol–water partition coefficient (Wildman–Crippen LogP) is 1.53. The van der Waals surface area contributed by atoms with Gasteiger partial charge in [0.15, 0.2) is 5.78 Å². The Kier molecular flexibility index (Phi) is 3.97. The van der Waals surface area contributed by atoms with Gasteiger partial charge in [-0.05, 0) is 38.0 Å². The summed E-state index contributed by atoms with van der Waals surface area (Å²) in [6, 6.07) is 5.26. The molecule has 0 aromatic heterocycles. The first-order chi connectivity index (χ1) is 9.41. The number of nitrogen functional groups attached to an aromatic ring is 1. The molecule has 5 heteroatoms. The molecule has 2 N–H and O–H groups in total. The summed E-state index contributed by atoms with van der Waals surface area (Å²) in [5.41, 5.74) is 7.71. The molecular weight excluding hydrogens is 254 g/mol. The van der Waals surface area contributed by atoms with Crippen molar-refractivity contribution in [1.29, 1.82) is 0 Å². The Morgan fingerprint density at radius 1 is 1.35 bits per heavy atom. The minimum Gasteiger partial charge on any atom is -0.398 e. The monoisotopic (exact) mass is 275 g/mol. The molecule has 0 spiro atoms. The SMILES string of the molecule is CC(=O)c1cc(N2CCCC2C(=O)N(C)C)ccc1N. The Bertz CT molecular complexity index is 540. The maximum Gasteiger partial charge on any atom is 0.244 e. The second kappa shape index (κ2) is 5.53. The second-order valence-corrected chi connectivity index (χ2v) is 5.41. The molecule has 1 unspecified atom stereocenters. The lowest BCUT2D eigenvalue weighted by atomic mass is 10.1. The van der Waals surface area contributed by atoms with Crippen LogP contribution in [0.2, 0.25) is 0 Å². The molecule has 0 bridgehead atoms. The average Bonchev–Trinajstić information content (AvgIpc) is 2.87. The van der Waals surface area contributed by atoms with E-state index in [1.165, 1.54) is 6.92 Å². The number of nitrogens with zero attached hydrogens (tertiary/aromatic N) is 2. The van der Waals surface area contributed by atoms with Gasteiger partial charge in [-0.2, -0.15) is 0 Å². The normalized spacial score (nSPS) is 18.1.